The Hall–Kier alpha value is -0.410. The first kappa shape index (κ1) is 22.6. The molecule has 2 heterocycles. The highest BCUT2D eigenvalue weighted by atomic mass is 127. The predicted molar refractivity (Wildman–Crippen MR) is 120 cm³/mol. The zero-order valence-corrected chi connectivity index (χ0v) is 19.2. The monoisotopic (exact) mass is 479 g/mol. The average Bonchev–Trinajstić information content (AvgIpc) is 2.87. The summed E-state index contributed by atoms with van der Waals surface area (Å²) < 4.78 is 0. The molecule has 1 aromatic heterocycles. The molecular formula is C18H34IN5S. The van der Waals surface area contributed by atoms with E-state index in [1.807, 2.05) is 0 Å². The molecule has 1 aliphatic heterocycles. The molecule has 0 aromatic carbocycles. The fourth-order valence-electron chi connectivity index (χ4n) is 3.06. The van der Waals surface area contributed by atoms with Crippen LogP contribution >= 0.6 is 35.3 Å². The second kappa shape index (κ2) is 12.1. The molecule has 0 amide bonds. The van der Waals surface area contributed by atoms with E-state index in [-0.39, 0.29) is 24.0 Å². The smallest absolute Gasteiger partial charge is 0.191 e. The predicted octanol–water partition coefficient (Wildman–Crippen LogP) is 3.35. The van der Waals surface area contributed by atoms with Crippen molar-refractivity contribution < 1.29 is 0 Å². The molecule has 1 atom stereocenters. The molecule has 1 aromatic rings. The second-order valence-electron chi connectivity index (χ2n) is 6.57. The van der Waals surface area contributed by atoms with E-state index in [0.717, 1.165) is 44.3 Å². The van der Waals surface area contributed by atoms with Crippen molar-refractivity contribution >= 4 is 41.3 Å². The van der Waals surface area contributed by atoms with Gasteiger partial charge in [0.2, 0.25) is 0 Å². The van der Waals surface area contributed by atoms with Gasteiger partial charge in [0.15, 0.2) is 5.96 Å². The Morgan fingerprint density at radius 2 is 2.12 bits per heavy atom. The van der Waals surface area contributed by atoms with Crippen LogP contribution in [0.1, 0.15) is 48.7 Å². The Morgan fingerprint density at radius 1 is 1.32 bits per heavy atom. The molecule has 5 nitrogen and oxygen atoms in total. The zero-order chi connectivity index (χ0) is 17.4. The largest absolute Gasteiger partial charge is 0.357 e. The van der Waals surface area contributed by atoms with E-state index < -0.39 is 0 Å². The van der Waals surface area contributed by atoms with Crippen LogP contribution in [0.15, 0.2) is 4.99 Å². The first-order valence-corrected chi connectivity index (χ1v) is 10.1. The minimum Gasteiger partial charge on any atom is -0.357 e. The van der Waals surface area contributed by atoms with E-state index in [1.165, 1.54) is 35.7 Å². The van der Waals surface area contributed by atoms with Gasteiger partial charge in [-0.05, 0) is 47.1 Å². The Morgan fingerprint density at radius 3 is 2.76 bits per heavy atom. The molecule has 0 bridgehead atoms. The van der Waals surface area contributed by atoms with Crippen LogP contribution in [-0.4, -0.2) is 54.6 Å². The maximum Gasteiger partial charge on any atom is 0.191 e. The van der Waals surface area contributed by atoms with E-state index in [0.29, 0.717) is 6.04 Å². The van der Waals surface area contributed by atoms with Crippen molar-refractivity contribution in [1.29, 1.82) is 0 Å². The minimum absolute atomic E-state index is 0. The summed E-state index contributed by atoms with van der Waals surface area (Å²) in [5, 5.41) is 7.98. The number of aliphatic imine (C=N–C) groups is 1. The Labute approximate surface area is 174 Å². The first-order valence-electron chi connectivity index (χ1n) is 9.29. The lowest BCUT2D eigenvalue weighted by molar-refractivity contribution is 0.166. The highest BCUT2D eigenvalue weighted by molar-refractivity contribution is 14.0. The summed E-state index contributed by atoms with van der Waals surface area (Å²) in [6.07, 6.45) is 4.99. The van der Waals surface area contributed by atoms with Crippen molar-refractivity contribution in [3.63, 3.8) is 0 Å². The molecule has 1 fully saturated rings. The summed E-state index contributed by atoms with van der Waals surface area (Å²) >= 11 is 1.80. The summed E-state index contributed by atoms with van der Waals surface area (Å²) in [6, 6.07) is 0.709. The number of likely N-dealkylation sites (tertiary alicyclic amines) is 1. The maximum absolute atomic E-state index is 4.73. The van der Waals surface area contributed by atoms with E-state index in [2.05, 4.69) is 48.2 Å². The number of thiazole rings is 1. The summed E-state index contributed by atoms with van der Waals surface area (Å²) in [5.41, 5.74) is 1.16. The number of nitrogens with zero attached hydrogens (tertiary/aromatic N) is 3. The van der Waals surface area contributed by atoms with E-state index in [4.69, 9.17) is 4.99 Å². The van der Waals surface area contributed by atoms with Crippen molar-refractivity contribution in [1.82, 2.24) is 20.5 Å². The maximum atomic E-state index is 4.73. The number of hydrogen-bond acceptors (Lipinski definition) is 4. The van der Waals surface area contributed by atoms with Crippen molar-refractivity contribution in [3.8, 4) is 0 Å². The van der Waals surface area contributed by atoms with Crippen LogP contribution in [0.2, 0.25) is 0 Å². The third-order valence-corrected chi connectivity index (χ3v) is 5.78. The molecule has 1 aliphatic rings. The van der Waals surface area contributed by atoms with Crippen molar-refractivity contribution in [3.05, 3.63) is 15.6 Å². The lowest BCUT2D eigenvalue weighted by Gasteiger charge is -2.32. The van der Waals surface area contributed by atoms with Gasteiger partial charge >= 0.3 is 0 Å². The van der Waals surface area contributed by atoms with Gasteiger partial charge in [-0.1, -0.05) is 6.42 Å². The molecule has 144 valence electrons. The molecule has 0 saturated carbocycles. The molecule has 25 heavy (non-hydrogen) atoms. The van der Waals surface area contributed by atoms with E-state index >= 15 is 0 Å². The number of aromatic nitrogens is 1. The lowest BCUT2D eigenvalue weighted by Crippen LogP contribution is -2.41. The molecule has 0 spiro atoms. The molecular weight excluding hydrogens is 445 g/mol. The highest BCUT2D eigenvalue weighted by Gasteiger charge is 2.17. The molecule has 0 aliphatic carbocycles. The van der Waals surface area contributed by atoms with Crippen LogP contribution in [0, 0.1) is 13.8 Å². The van der Waals surface area contributed by atoms with Crippen molar-refractivity contribution in [2.45, 2.75) is 59.4 Å². The van der Waals surface area contributed by atoms with Crippen LogP contribution in [0.4, 0.5) is 0 Å². The Balaban J connectivity index is 0.00000312. The number of piperidine rings is 1. The third-order valence-electron chi connectivity index (χ3n) is 4.65. The highest BCUT2D eigenvalue weighted by Crippen LogP contribution is 2.16. The van der Waals surface area contributed by atoms with Gasteiger partial charge in [0.05, 0.1) is 17.2 Å². The summed E-state index contributed by atoms with van der Waals surface area (Å²) in [5.74, 6) is 0.923. The number of rotatable bonds is 7. The lowest BCUT2D eigenvalue weighted by atomic mass is 10.0. The van der Waals surface area contributed by atoms with Crippen LogP contribution in [0.25, 0.3) is 0 Å². The van der Waals surface area contributed by atoms with Gasteiger partial charge in [0, 0.05) is 37.0 Å². The summed E-state index contributed by atoms with van der Waals surface area (Å²) in [6.45, 7) is 13.6. The first-order chi connectivity index (χ1) is 11.6. The van der Waals surface area contributed by atoms with Crippen LogP contribution in [0.3, 0.4) is 0 Å². The SMILES string of the molecule is CCNC(=NCCN1CCCCC1C)NCCc1nc(C)c(C)s1.I. The zero-order valence-electron chi connectivity index (χ0n) is 16.1. The van der Waals surface area contributed by atoms with Crippen molar-refractivity contribution in [2.24, 2.45) is 4.99 Å². The number of guanidine groups is 1. The van der Waals surface area contributed by atoms with Gasteiger partial charge < -0.3 is 10.6 Å². The normalized spacial score (nSPS) is 18.7. The topological polar surface area (TPSA) is 52.6 Å². The van der Waals surface area contributed by atoms with Gasteiger partial charge in [0.1, 0.15) is 0 Å². The van der Waals surface area contributed by atoms with Gasteiger partial charge in [-0.2, -0.15) is 0 Å². The molecule has 1 unspecified atom stereocenters. The van der Waals surface area contributed by atoms with Gasteiger partial charge in [-0.3, -0.25) is 9.89 Å². The van der Waals surface area contributed by atoms with Gasteiger partial charge in [-0.25, -0.2) is 4.98 Å². The standard InChI is InChI=1S/C18H33N5S.HI/c1-5-19-18(20-10-9-17-22-15(3)16(4)24-17)21-11-13-23-12-7-6-8-14(23)2;/h14H,5-13H2,1-4H3,(H2,19,20,21);1H. The second-order valence-corrected chi connectivity index (χ2v) is 7.86. The van der Waals surface area contributed by atoms with Gasteiger partial charge in [0.25, 0.3) is 0 Å². The Bertz CT molecular complexity index is 512. The Kier molecular flexibility index (Phi) is 10.9. The fraction of sp³-hybridized carbons (Fsp3) is 0.778. The molecule has 2 N–H and O–H groups in total. The van der Waals surface area contributed by atoms with Crippen LogP contribution in [-0.2, 0) is 6.42 Å². The van der Waals surface area contributed by atoms with Crippen molar-refractivity contribution in [2.75, 3.05) is 32.7 Å². The molecule has 7 heteroatoms. The third kappa shape index (κ3) is 7.78. The van der Waals surface area contributed by atoms with E-state index in [9.17, 15) is 0 Å². The average molecular weight is 479 g/mol. The van der Waals surface area contributed by atoms with E-state index in [1.54, 1.807) is 11.3 Å². The summed E-state index contributed by atoms with van der Waals surface area (Å²) in [4.78, 5) is 13.2. The number of halogens is 1. The van der Waals surface area contributed by atoms with Crippen LogP contribution < -0.4 is 10.6 Å². The fourth-order valence-corrected chi connectivity index (χ4v) is 3.99. The number of nitrogens with one attached hydrogen (secondary N) is 2. The quantitative estimate of drug-likeness (QED) is 0.358. The molecule has 1 saturated heterocycles. The van der Waals surface area contributed by atoms with Crippen LogP contribution in [0.5, 0.6) is 0 Å². The number of aryl methyl sites for hydroxylation is 2. The summed E-state index contributed by atoms with van der Waals surface area (Å²) in [7, 11) is 0. The minimum atomic E-state index is 0. The molecule has 2 rings (SSSR count). The number of hydrogen-bond donors (Lipinski definition) is 2. The molecule has 0 radical (unpaired) electrons. The van der Waals surface area contributed by atoms with Gasteiger partial charge in [-0.15, -0.1) is 35.3 Å².